The summed E-state index contributed by atoms with van der Waals surface area (Å²) < 4.78 is 5.00. The maximum Gasteiger partial charge on any atom is 0.309 e. The summed E-state index contributed by atoms with van der Waals surface area (Å²) in [7, 11) is 0. The molecule has 1 saturated heterocycles. The van der Waals surface area contributed by atoms with Crippen LogP contribution in [0.1, 0.15) is 13.8 Å². The molecule has 0 amide bonds. The predicted molar refractivity (Wildman–Crippen MR) is 65.8 cm³/mol. The van der Waals surface area contributed by atoms with Crippen LogP contribution in [0.5, 0.6) is 0 Å². The van der Waals surface area contributed by atoms with Crippen molar-refractivity contribution in [3.63, 3.8) is 0 Å². The van der Waals surface area contributed by atoms with E-state index in [0.717, 1.165) is 39.3 Å². The van der Waals surface area contributed by atoms with E-state index >= 15 is 0 Å². The summed E-state index contributed by atoms with van der Waals surface area (Å²) in [6.45, 7) is 9.80. The van der Waals surface area contributed by atoms with Crippen LogP contribution < -0.4 is 0 Å². The molecule has 0 bridgehead atoms. The molecule has 5 nitrogen and oxygen atoms in total. The number of aliphatic hydroxyl groups is 1. The van der Waals surface area contributed by atoms with Gasteiger partial charge in [0.25, 0.3) is 0 Å². The molecule has 5 heteroatoms. The lowest BCUT2D eigenvalue weighted by Gasteiger charge is -2.35. The van der Waals surface area contributed by atoms with Gasteiger partial charge < -0.3 is 9.84 Å². The average Bonchev–Trinajstić information content (AvgIpc) is 2.32. The Labute approximate surface area is 103 Å². The molecule has 1 heterocycles. The van der Waals surface area contributed by atoms with E-state index in [2.05, 4.69) is 9.80 Å². The largest absolute Gasteiger partial charge is 0.466 e. The van der Waals surface area contributed by atoms with Gasteiger partial charge in [-0.05, 0) is 6.92 Å². The van der Waals surface area contributed by atoms with Gasteiger partial charge in [0, 0.05) is 39.3 Å². The summed E-state index contributed by atoms with van der Waals surface area (Å²) in [5, 5.41) is 8.85. The van der Waals surface area contributed by atoms with E-state index in [4.69, 9.17) is 9.84 Å². The SMILES string of the molecule is CCOC(=O)C(C)CN1CCN(CCO)CC1. The summed E-state index contributed by atoms with van der Waals surface area (Å²) >= 11 is 0. The van der Waals surface area contributed by atoms with E-state index in [-0.39, 0.29) is 18.5 Å². The highest BCUT2D eigenvalue weighted by atomic mass is 16.5. The van der Waals surface area contributed by atoms with Crippen molar-refractivity contribution in [1.82, 2.24) is 9.80 Å². The zero-order chi connectivity index (χ0) is 12.7. The lowest BCUT2D eigenvalue weighted by Crippen LogP contribution is -2.48. The topological polar surface area (TPSA) is 53.0 Å². The van der Waals surface area contributed by atoms with Crippen LogP contribution in [0.15, 0.2) is 0 Å². The van der Waals surface area contributed by atoms with Crippen LogP contribution in [0, 0.1) is 5.92 Å². The van der Waals surface area contributed by atoms with Gasteiger partial charge in [-0.25, -0.2) is 0 Å². The number of carbonyl (C=O) groups excluding carboxylic acids is 1. The lowest BCUT2D eigenvalue weighted by molar-refractivity contribution is -0.148. The number of aliphatic hydroxyl groups excluding tert-OH is 1. The van der Waals surface area contributed by atoms with E-state index < -0.39 is 0 Å². The Morgan fingerprint density at radius 1 is 1.29 bits per heavy atom. The molecule has 1 fully saturated rings. The minimum atomic E-state index is -0.106. The standard InChI is InChI=1S/C12H24N2O3/c1-3-17-12(16)11(2)10-14-6-4-13(5-7-14)8-9-15/h11,15H,3-10H2,1-2H3. The molecular formula is C12H24N2O3. The summed E-state index contributed by atoms with van der Waals surface area (Å²) in [4.78, 5) is 16.0. The number of hydrogen-bond donors (Lipinski definition) is 1. The van der Waals surface area contributed by atoms with Gasteiger partial charge in [0.2, 0.25) is 0 Å². The number of ether oxygens (including phenoxy) is 1. The number of hydrogen-bond acceptors (Lipinski definition) is 5. The van der Waals surface area contributed by atoms with Crippen LogP contribution in [-0.4, -0.2) is 73.4 Å². The Hall–Kier alpha value is -0.650. The van der Waals surface area contributed by atoms with Crippen LogP contribution in [-0.2, 0) is 9.53 Å². The fraction of sp³-hybridized carbons (Fsp3) is 0.917. The van der Waals surface area contributed by atoms with E-state index in [1.165, 1.54) is 0 Å². The maximum absolute atomic E-state index is 11.5. The number of piperazine rings is 1. The van der Waals surface area contributed by atoms with Crippen LogP contribution >= 0.6 is 0 Å². The second-order valence-corrected chi connectivity index (χ2v) is 4.52. The fourth-order valence-electron chi connectivity index (χ4n) is 2.08. The van der Waals surface area contributed by atoms with Crippen molar-refractivity contribution in [2.75, 3.05) is 52.5 Å². The molecule has 1 rings (SSSR count). The second-order valence-electron chi connectivity index (χ2n) is 4.52. The third kappa shape index (κ3) is 5.02. The van der Waals surface area contributed by atoms with Crippen molar-refractivity contribution in [2.45, 2.75) is 13.8 Å². The maximum atomic E-state index is 11.5. The van der Waals surface area contributed by atoms with Crippen molar-refractivity contribution < 1.29 is 14.6 Å². The van der Waals surface area contributed by atoms with Gasteiger partial charge in [-0.15, -0.1) is 0 Å². The van der Waals surface area contributed by atoms with Gasteiger partial charge >= 0.3 is 5.97 Å². The molecule has 1 aliphatic heterocycles. The minimum absolute atomic E-state index is 0.0562. The van der Waals surface area contributed by atoms with Crippen LogP contribution in [0.2, 0.25) is 0 Å². The van der Waals surface area contributed by atoms with E-state index in [9.17, 15) is 4.79 Å². The third-order valence-electron chi connectivity index (χ3n) is 3.10. The summed E-state index contributed by atoms with van der Waals surface area (Å²) in [6, 6.07) is 0. The molecule has 1 N–H and O–H groups in total. The molecule has 1 aliphatic rings. The van der Waals surface area contributed by atoms with E-state index in [1.807, 2.05) is 13.8 Å². The number of esters is 1. The zero-order valence-electron chi connectivity index (χ0n) is 10.9. The molecule has 0 aromatic rings. The second kappa shape index (κ2) is 7.63. The Morgan fingerprint density at radius 3 is 2.41 bits per heavy atom. The number of carbonyl (C=O) groups is 1. The van der Waals surface area contributed by atoms with Crippen LogP contribution in [0.4, 0.5) is 0 Å². The monoisotopic (exact) mass is 244 g/mol. The molecule has 0 radical (unpaired) electrons. The summed E-state index contributed by atoms with van der Waals surface area (Å²) in [6.07, 6.45) is 0. The van der Waals surface area contributed by atoms with Crippen molar-refractivity contribution in [3.05, 3.63) is 0 Å². The van der Waals surface area contributed by atoms with Gasteiger partial charge in [0.15, 0.2) is 0 Å². The third-order valence-corrected chi connectivity index (χ3v) is 3.10. The van der Waals surface area contributed by atoms with Gasteiger partial charge in [-0.3, -0.25) is 14.6 Å². The summed E-state index contributed by atoms with van der Waals surface area (Å²) in [5.74, 6) is -0.162. The van der Waals surface area contributed by atoms with Crippen molar-refractivity contribution in [1.29, 1.82) is 0 Å². The molecule has 0 aromatic carbocycles. The lowest BCUT2D eigenvalue weighted by atomic mass is 10.1. The highest BCUT2D eigenvalue weighted by Crippen LogP contribution is 2.07. The van der Waals surface area contributed by atoms with Crippen molar-refractivity contribution in [3.8, 4) is 0 Å². The number of β-amino-alcohol motifs (C(OH)–C–C–N with tert-alkyl or cyclic N) is 1. The van der Waals surface area contributed by atoms with Gasteiger partial charge in [-0.2, -0.15) is 0 Å². The van der Waals surface area contributed by atoms with Crippen LogP contribution in [0.3, 0.4) is 0 Å². The molecule has 0 spiro atoms. The van der Waals surface area contributed by atoms with Gasteiger partial charge in [0.1, 0.15) is 0 Å². The Morgan fingerprint density at radius 2 is 1.88 bits per heavy atom. The Kier molecular flexibility index (Phi) is 6.47. The highest BCUT2D eigenvalue weighted by molar-refractivity contribution is 5.72. The smallest absolute Gasteiger partial charge is 0.309 e. The molecule has 0 saturated carbocycles. The molecule has 1 atom stereocenters. The molecule has 1 unspecified atom stereocenters. The first kappa shape index (κ1) is 14.4. The highest BCUT2D eigenvalue weighted by Gasteiger charge is 2.21. The predicted octanol–water partition coefficient (Wildman–Crippen LogP) is -0.204. The van der Waals surface area contributed by atoms with E-state index in [1.54, 1.807) is 0 Å². The Bertz CT molecular complexity index is 228. The number of nitrogens with zero attached hydrogens (tertiary/aromatic N) is 2. The van der Waals surface area contributed by atoms with Gasteiger partial charge in [-0.1, -0.05) is 6.92 Å². The number of rotatable bonds is 6. The quantitative estimate of drug-likeness (QED) is 0.656. The van der Waals surface area contributed by atoms with Crippen molar-refractivity contribution in [2.24, 2.45) is 5.92 Å². The summed E-state index contributed by atoms with van der Waals surface area (Å²) in [5.41, 5.74) is 0. The molecule has 17 heavy (non-hydrogen) atoms. The normalized spacial score (nSPS) is 20.2. The fourth-order valence-corrected chi connectivity index (χ4v) is 2.08. The van der Waals surface area contributed by atoms with Crippen molar-refractivity contribution >= 4 is 5.97 Å². The first-order chi connectivity index (χ1) is 8.17. The first-order valence-electron chi connectivity index (χ1n) is 6.39. The average molecular weight is 244 g/mol. The molecule has 0 aliphatic carbocycles. The Balaban J connectivity index is 2.23. The van der Waals surface area contributed by atoms with Gasteiger partial charge in [0.05, 0.1) is 19.1 Å². The van der Waals surface area contributed by atoms with E-state index in [0.29, 0.717) is 6.61 Å². The molecular weight excluding hydrogens is 220 g/mol. The molecule has 100 valence electrons. The minimum Gasteiger partial charge on any atom is -0.466 e. The van der Waals surface area contributed by atoms with Crippen LogP contribution in [0.25, 0.3) is 0 Å². The molecule has 0 aromatic heterocycles. The zero-order valence-corrected chi connectivity index (χ0v) is 10.9. The first-order valence-corrected chi connectivity index (χ1v) is 6.39.